The molecule has 2 unspecified atom stereocenters. The van der Waals surface area contributed by atoms with Crippen molar-refractivity contribution in [3.8, 4) is 0 Å². The van der Waals surface area contributed by atoms with Gasteiger partial charge in [-0.1, -0.05) is 0 Å². The van der Waals surface area contributed by atoms with Gasteiger partial charge in [-0.15, -0.1) is 0 Å². The maximum Gasteiger partial charge on any atom is 0.309 e. The highest BCUT2D eigenvalue weighted by molar-refractivity contribution is 5.93. The number of hydrogen-bond donors (Lipinski definition) is 3. The number of carbonyl (C=O) groups excluding carboxylic acids is 1. The first-order valence-electron chi connectivity index (χ1n) is 6.36. The predicted molar refractivity (Wildman–Crippen MR) is 71.4 cm³/mol. The van der Waals surface area contributed by atoms with Gasteiger partial charge in [-0.3, -0.25) is 14.4 Å². The first-order chi connectivity index (χ1) is 9.90. The zero-order valence-corrected chi connectivity index (χ0v) is 11.1. The largest absolute Gasteiger partial charge is 0.481 e. The molecule has 4 N–H and O–H groups in total. The first-order valence-corrected chi connectivity index (χ1v) is 6.36. The molecule has 112 valence electrons. The molecule has 0 saturated carbocycles. The van der Waals surface area contributed by atoms with E-state index in [-0.39, 0.29) is 25.2 Å². The second-order valence-corrected chi connectivity index (χ2v) is 4.91. The normalized spacial score (nSPS) is 21.8. The van der Waals surface area contributed by atoms with E-state index in [1.165, 1.54) is 23.2 Å². The second-order valence-electron chi connectivity index (χ2n) is 4.91. The van der Waals surface area contributed by atoms with Crippen LogP contribution >= 0.6 is 0 Å². The van der Waals surface area contributed by atoms with Crippen molar-refractivity contribution in [1.29, 1.82) is 0 Å². The van der Waals surface area contributed by atoms with Crippen LogP contribution in [0.3, 0.4) is 0 Å². The summed E-state index contributed by atoms with van der Waals surface area (Å²) in [5.41, 5.74) is 6.06. The van der Waals surface area contributed by atoms with Gasteiger partial charge in [0.1, 0.15) is 5.69 Å². The molecule has 1 aromatic rings. The van der Waals surface area contributed by atoms with Gasteiger partial charge in [0.2, 0.25) is 0 Å². The number of aliphatic carboxylic acids is 2. The molecule has 0 aromatic carbocycles. The van der Waals surface area contributed by atoms with Crippen molar-refractivity contribution in [1.82, 2.24) is 9.88 Å². The number of pyridine rings is 1. The highest BCUT2D eigenvalue weighted by Gasteiger charge is 2.40. The van der Waals surface area contributed by atoms with E-state index in [9.17, 15) is 14.4 Å². The first kappa shape index (κ1) is 14.8. The molecule has 2 atom stereocenters. The molecule has 1 aliphatic heterocycles. The van der Waals surface area contributed by atoms with E-state index < -0.39 is 29.7 Å². The summed E-state index contributed by atoms with van der Waals surface area (Å²) in [6.45, 7) is 0.0445. The van der Waals surface area contributed by atoms with E-state index in [1.54, 1.807) is 0 Å². The Labute approximate surface area is 120 Å². The highest BCUT2D eigenvalue weighted by Crippen LogP contribution is 2.25. The summed E-state index contributed by atoms with van der Waals surface area (Å²) in [5, 5.41) is 18.2. The topological polar surface area (TPSA) is 134 Å². The number of rotatable bonds is 3. The molecule has 0 spiro atoms. The third kappa shape index (κ3) is 3.10. The summed E-state index contributed by atoms with van der Waals surface area (Å²) in [6, 6.07) is 2.98. The quantitative estimate of drug-likeness (QED) is 0.709. The zero-order chi connectivity index (χ0) is 15.6. The molecule has 8 nitrogen and oxygen atoms in total. The highest BCUT2D eigenvalue weighted by atomic mass is 16.4. The van der Waals surface area contributed by atoms with Gasteiger partial charge in [0.05, 0.1) is 23.7 Å². The van der Waals surface area contributed by atoms with E-state index in [0.29, 0.717) is 5.69 Å². The number of nitrogens with zero attached hydrogens (tertiary/aromatic N) is 2. The molecule has 8 heteroatoms. The van der Waals surface area contributed by atoms with Crippen molar-refractivity contribution in [2.24, 2.45) is 11.8 Å². The van der Waals surface area contributed by atoms with Crippen LogP contribution in [-0.2, 0) is 9.59 Å². The summed E-state index contributed by atoms with van der Waals surface area (Å²) in [7, 11) is 0. The molecule has 1 aliphatic rings. The molecule has 1 saturated heterocycles. The van der Waals surface area contributed by atoms with Crippen molar-refractivity contribution >= 4 is 23.5 Å². The zero-order valence-electron chi connectivity index (χ0n) is 11.1. The average molecular weight is 293 g/mol. The lowest BCUT2D eigenvalue weighted by molar-refractivity contribution is -0.156. The van der Waals surface area contributed by atoms with E-state index in [1.807, 2.05) is 0 Å². The maximum absolute atomic E-state index is 12.2. The van der Waals surface area contributed by atoms with Crippen molar-refractivity contribution < 1.29 is 24.6 Å². The van der Waals surface area contributed by atoms with Gasteiger partial charge in [0.25, 0.3) is 5.91 Å². The number of aromatic nitrogens is 1. The predicted octanol–water partition coefficient (Wildman–Crippen LogP) is -0.0887. The van der Waals surface area contributed by atoms with Crippen LogP contribution in [0.25, 0.3) is 0 Å². The Kier molecular flexibility index (Phi) is 4.06. The molecule has 0 bridgehead atoms. The number of nitrogen functional groups attached to an aromatic ring is 1. The fraction of sp³-hybridized carbons (Fsp3) is 0.385. The molecule has 0 aliphatic carbocycles. The summed E-state index contributed by atoms with van der Waals surface area (Å²) in [6.07, 6.45) is 1.44. The van der Waals surface area contributed by atoms with Crippen molar-refractivity contribution in [3.63, 3.8) is 0 Å². The van der Waals surface area contributed by atoms with Gasteiger partial charge in [-0.25, -0.2) is 4.98 Å². The van der Waals surface area contributed by atoms with Crippen LogP contribution < -0.4 is 5.73 Å². The molecular weight excluding hydrogens is 278 g/mol. The number of likely N-dealkylation sites (tertiary alicyclic amines) is 1. The van der Waals surface area contributed by atoms with Crippen molar-refractivity contribution in [2.75, 3.05) is 18.8 Å². The number of hydrogen-bond acceptors (Lipinski definition) is 5. The van der Waals surface area contributed by atoms with Crippen LogP contribution in [0.2, 0.25) is 0 Å². The smallest absolute Gasteiger partial charge is 0.309 e. The summed E-state index contributed by atoms with van der Waals surface area (Å²) >= 11 is 0. The monoisotopic (exact) mass is 293 g/mol. The standard InChI is InChI=1S/C13H15N3O5/c14-7-1-2-10(15-5-7)11(17)16-4-3-8(12(18)19)9(6-16)13(20)21/h1-2,5,8-9H,3-4,6,14H2,(H,18,19)(H,20,21). The third-order valence-electron chi connectivity index (χ3n) is 3.54. The Morgan fingerprint density at radius 1 is 1.19 bits per heavy atom. The lowest BCUT2D eigenvalue weighted by Crippen LogP contribution is -2.48. The van der Waals surface area contributed by atoms with Gasteiger partial charge in [-0.2, -0.15) is 0 Å². The van der Waals surface area contributed by atoms with Crippen molar-refractivity contribution in [2.45, 2.75) is 6.42 Å². The third-order valence-corrected chi connectivity index (χ3v) is 3.54. The molecule has 1 amide bonds. The number of piperidine rings is 1. The SMILES string of the molecule is Nc1ccc(C(=O)N2CCC(C(=O)O)C(C(=O)O)C2)nc1. The van der Waals surface area contributed by atoms with Gasteiger partial charge < -0.3 is 20.8 Å². The fourth-order valence-corrected chi connectivity index (χ4v) is 2.38. The average Bonchev–Trinajstić information content (AvgIpc) is 2.46. The number of nitrogens with two attached hydrogens (primary N) is 1. The van der Waals surface area contributed by atoms with E-state index in [4.69, 9.17) is 15.9 Å². The number of carbonyl (C=O) groups is 3. The Morgan fingerprint density at radius 2 is 1.86 bits per heavy atom. The van der Waals surface area contributed by atoms with Crippen LogP contribution in [0.5, 0.6) is 0 Å². The van der Waals surface area contributed by atoms with Gasteiger partial charge in [0.15, 0.2) is 0 Å². The maximum atomic E-state index is 12.2. The lowest BCUT2D eigenvalue weighted by atomic mass is 9.85. The Morgan fingerprint density at radius 3 is 2.38 bits per heavy atom. The van der Waals surface area contributed by atoms with Gasteiger partial charge in [0, 0.05) is 13.1 Å². The molecule has 1 fully saturated rings. The Hall–Kier alpha value is -2.64. The summed E-state index contributed by atoms with van der Waals surface area (Å²) in [5.74, 6) is -4.89. The second kappa shape index (κ2) is 5.78. The summed E-state index contributed by atoms with van der Waals surface area (Å²) < 4.78 is 0. The van der Waals surface area contributed by atoms with Crippen LogP contribution in [0.15, 0.2) is 18.3 Å². The number of amides is 1. The van der Waals surface area contributed by atoms with Crippen molar-refractivity contribution in [3.05, 3.63) is 24.0 Å². The number of carboxylic acids is 2. The fourth-order valence-electron chi connectivity index (χ4n) is 2.38. The Bertz CT molecular complexity index is 572. The van der Waals surface area contributed by atoms with Crippen LogP contribution in [0.1, 0.15) is 16.9 Å². The van der Waals surface area contributed by atoms with Crippen LogP contribution in [0, 0.1) is 11.8 Å². The van der Waals surface area contributed by atoms with Crippen LogP contribution in [-0.4, -0.2) is 51.0 Å². The molecule has 1 aromatic heterocycles. The minimum Gasteiger partial charge on any atom is -0.481 e. The van der Waals surface area contributed by atoms with E-state index in [2.05, 4.69) is 4.98 Å². The molecule has 2 rings (SSSR count). The minimum atomic E-state index is -1.22. The van der Waals surface area contributed by atoms with E-state index in [0.717, 1.165) is 0 Å². The van der Waals surface area contributed by atoms with E-state index >= 15 is 0 Å². The molecule has 0 radical (unpaired) electrons. The number of anilines is 1. The van der Waals surface area contributed by atoms with Gasteiger partial charge in [-0.05, 0) is 18.6 Å². The minimum absolute atomic E-state index is 0.104. The Balaban J connectivity index is 2.15. The lowest BCUT2D eigenvalue weighted by Gasteiger charge is -2.34. The van der Waals surface area contributed by atoms with Gasteiger partial charge >= 0.3 is 11.9 Å². The molecule has 2 heterocycles. The van der Waals surface area contributed by atoms with Crippen LogP contribution in [0.4, 0.5) is 5.69 Å². The molecule has 21 heavy (non-hydrogen) atoms. The molecular formula is C13H15N3O5. The summed E-state index contributed by atoms with van der Waals surface area (Å²) in [4.78, 5) is 39.7. The number of carboxylic acid groups (broad SMARTS) is 2.